The minimum Gasteiger partial charge on any atom is -0.480 e. The van der Waals surface area contributed by atoms with Crippen molar-refractivity contribution in [2.24, 2.45) is 5.73 Å². The molecule has 0 saturated heterocycles. The molecule has 0 fully saturated rings. The number of carbonyl (C=O) groups is 1. The second-order valence-corrected chi connectivity index (χ2v) is 5.88. The van der Waals surface area contributed by atoms with Gasteiger partial charge in [0.2, 0.25) is 0 Å². The van der Waals surface area contributed by atoms with Gasteiger partial charge in [-0.05, 0) is 37.6 Å². The average molecular weight is 319 g/mol. The lowest BCUT2D eigenvalue weighted by Crippen LogP contribution is -2.45. The van der Waals surface area contributed by atoms with Gasteiger partial charge in [-0.2, -0.15) is 17.6 Å². The molecule has 1 aromatic carbocycles. The fourth-order valence-electron chi connectivity index (χ4n) is 1.15. The van der Waals surface area contributed by atoms with Gasteiger partial charge in [0.25, 0.3) is 5.35 Å². The molecule has 1 atom stereocenters. The Labute approximate surface area is 128 Å². The Balaban J connectivity index is 0.000000347. The molecule has 0 spiro atoms. The van der Waals surface area contributed by atoms with E-state index in [-0.39, 0.29) is 12.8 Å². The number of fused-ring (bicyclic) bond motifs is 1. The van der Waals surface area contributed by atoms with E-state index in [1.807, 2.05) is 24.3 Å². The molecular weight excluding hydrogens is 300 g/mol. The quantitative estimate of drug-likeness (QED) is 0.740. The summed E-state index contributed by atoms with van der Waals surface area (Å²) >= 11 is 9.49. The molecule has 0 aliphatic rings. The summed E-state index contributed by atoms with van der Waals surface area (Å²) in [6.07, 6.45) is 0. The average Bonchev–Trinajstić information content (AvgIpc) is 2.67. The molecule has 5 nitrogen and oxygen atoms in total. The van der Waals surface area contributed by atoms with Gasteiger partial charge in [-0.1, -0.05) is 19.6 Å². The van der Waals surface area contributed by atoms with Crippen molar-refractivity contribution >= 4 is 41.3 Å². The smallest absolute Gasteiger partial charge is 0.321 e. The molecule has 112 valence electrons. The molecule has 3 N–H and O–H groups in total. The Morgan fingerprint density at radius 1 is 1.50 bits per heavy atom. The molecule has 0 radical (unpaired) electrons. The number of halogens is 1. The SMILES string of the molecule is C.CC(C)(S)[C@H](N)C(=O)O.Clc1nc2ccccc2o1. The van der Waals surface area contributed by atoms with E-state index in [4.69, 9.17) is 26.9 Å². The molecular formula is C13H19ClN2O3S. The highest BCUT2D eigenvalue weighted by Crippen LogP contribution is 2.17. The van der Waals surface area contributed by atoms with Crippen LogP contribution >= 0.6 is 24.2 Å². The van der Waals surface area contributed by atoms with Crippen molar-refractivity contribution in [2.75, 3.05) is 0 Å². The second-order valence-electron chi connectivity index (χ2n) is 4.40. The van der Waals surface area contributed by atoms with Crippen LogP contribution in [0.25, 0.3) is 11.1 Å². The number of nitrogens with two attached hydrogens (primary N) is 1. The fourth-order valence-corrected chi connectivity index (χ4v) is 1.43. The van der Waals surface area contributed by atoms with Crippen LogP contribution in [0.3, 0.4) is 0 Å². The summed E-state index contributed by atoms with van der Waals surface area (Å²) in [6.45, 7) is 3.32. The van der Waals surface area contributed by atoms with Gasteiger partial charge >= 0.3 is 5.97 Å². The maximum Gasteiger partial charge on any atom is 0.321 e. The minimum absolute atomic E-state index is 0. The van der Waals surface area contributed by atoms with Gasteiger partial charge in [-0.25, -0.2) is 0 Å². The van der Waals surface area contributed by atoms with Crippen molar-refractivity contribution in [2.45, 2.75) is 32.1 Å². The summed E-state index contributed by atoms with van der Waals surface area (Å²) in [5.74, 6) is -1.02. The predicted octanol–water partition coefficient (Wildman–Crippen LogP) is 3.22. The summed E-state index contributed by atoms with van der Waals surface area (Å²) < 4.78 is 4.38. The van der Waals surface area contributed by atoms with Crippen LogP contribution in [0.15, 0.2) is 28.7 Å². The summed E-state index contributed by atoms with van der Waals surface area (Å²) in [6, 6.07) is 6.55. The number of nitrogens with zero attached hydrogens (tertiary/aromatic N) is 1. The number of carboxylic acids is 1. The molecule has 0 amide bonds. The van der Waals surface area contributed by atoms with Gasteiger partial charge in [0.05, 0.1) is 0 Å². The van der Waals surface area contributed by atoms with E-state index in [0.29, 0.717) is 0 Å². The summed E-state index contributed by atoms with van der Waals surface area (Å²) in [5, 5.41) is 8.54. The van der Waals surface area contributed by atoms with Gasteiger partial charge in [0.15, 0.2) is 5.58 Å². The summed E-state index contributed by atoms with van der Waals surface area (Å²) in [5.41, 5.74) is 6.75. The molecule has 2 rings (SSSR count). The Morgan fingerprint density at radius 3 is 2.45 bits per heavy atom. The van der Waals surface area contributed by atoms with Crippen molar-refractivity contribution in [3.63, 3.8) is 0 Å². The van der Waals surface area contributed by atoms with Crippen molar-refractivity contribution in [3.8, 4) is 0 Å². The van der Waals surface area contributed by atoms with Gasteiger partial charge in [-0.15, -0.1) is 0 Å². The number of thiol groups is 1. The molecule has 0 aliphatic heterocycles. The Kier molecular flexibility index (Phi) is 7.05. The largest absolute Gasteiger partial charge is 0.480 e. The number of hydrogen-bond donors (Lipinski definition) is 3. The van der Waals surface area contributed by atoms with Gasteiger partial charge < -0.3 is 15.3 Å². The van der Waals surface area contributed by atoms with Crippen LogP contribution in [0.5, 0.6) is 0 Å². The van der Waals surface area contributed by atoms with Crippen LogP contribution < -0.4 is 5.73 Å². The van der Waals surface area contributed by atoms with Crippen molar-refractivity contribution in [1.29, 1.82) is 0 Å². The third-order valence-corrected chi connectivity index (χ3v) is 2.73. The van der Waals surface area contributed by atoms with Crippen LogP contribution in [0.4, 0.5) is 0 Å². The molecule has 7 heteroatoms. The lowest BCUT2D eigenvalue weighted by atomic mass is 10.1. The first kappa shape index (κ1) is 18.8. The number of aliphatic carboxylic acids is 1. The van der Waals surface area contributed by atoms with E-state index < -0.39 is 16.8 Å². The van der Waals surface area contributed by atoms with E-state index in [2.05, 4.69) is 17.6 Å². The summed E-state index contributed by atoms with van der Waals surface area (Å²) in [7, 11) is 0. The van der Waals surface area contributed by atoms with E-state index in [1.165, 1.54) is 0 Å². The molecule has 2 aromatic rings. The fraction of sp³-hybridized carbons (Fsp3) is 0.385. The number of para-hydroxylation sites is 2. The van der Waals surface area contributed by atoms with Gasteiger partial charge in [-0.3, -0.25) is 4.79 Å². The van der Waals surface area contributed by atoms with Crippen LogP contribution in [0.1, 0.15) is 21.3 Å². The molecule has 0 bridgehead atoms. The maximum atomic E-state index is 10.2. The zero-order chi connectivity index (χ0) is 14.6. The number of rotatable bonds is 2. The highest BCUT2D eigenvalue weighted by molar-refractivity contribution is 7.81. The number of hydrogen-bond acceptors (Lipinski definition) is 5. The number of oxazole rings is 1. The molecule has 1 heterocycles. The molecule has 1 aromatic heterocycles. The Hall–Kier alpha value is -1.24. The topological polar surface area (TPSA) is 89.4 Å². The lowest BCUT2D eigenvalue weighted by Gasteiger charge is -2.21. The van der Waals surface area contributed by atoms with Crippen molar-refractivity contribution in [1.82, 2.24) is 4.98 Å². The first-order valence-corrected chi connectivity index (χ1v) is 6.26. The van der Waals surface area contributed by atoms with Crippen molar-refractivity contribution < 1.29 is 14.3 Å². The third kappa shape index (κ3) is 5.40. The van der Waals surface area contributed by atoms with E-state index >= 15 is 0 Å². The van der Waals surface area contributed by atoms with Gasteiger partial charge in [0.1, 0.15) is 11.6 Å². The standard InChI is InChI=1S/C7H4ClNO.C5H11NO2S.CH4/c8-7-9-5-3-1-2-4-6(5)10-7;1-5(2,9)3(6)4(7)8;/h1-4H;3,9H,6H2,1-2H3,(H,7,8);1H4/t;3-;/m.1./s1. The number of aromatic nitrogens is 1. The Morgan fingerprint density at radius 2 is 2.05 bits per heavy atom. The van der Waals surface area contributed by atoms with E-state index in [9.17, 15) is 4.79 Å². The molecule has 0 aliphatic carbocycles. The minimum atomic E-state index is -1.02. The lowest BCUT2D eigenvalue weighted by molar-refractivity contribution is -0.139. The number of benzene rings is 1. The van der Waals surface area contributed by atoms with Crippen molar-refractivity contribution in [3.05, 3.63) is 29.6 Å². The van der Waals surface area contributed by atoms with Crippen LogP contribution in [-0.2, 0) is 4.79 Å². The number of carboxylic acid groups (broad SMARTS) is 1. The highest BCUT2D eigenvalue weighted by atomic mass is 35.5. The Bertz CT molecular complexity index is 533. The molecule has 20 heavy (non-hydrogen) atoms. The van der Waals surface area contributed by atoms with Crippen LogP contribution in [0, 0.1) is 0 Å². The first-order valence-electron chi connectivity index (χ1n) is 5.43. The zero-order valence-corrected chi connectivity index (χ0v) is 12.2. The highest BCUT2D eigenvalue weighted by Gasteiger charge is 2.27. The normalized spacial score (nSPS) is 12.1. The monoisotopic (exact) mass is 318 g/mol. The summed E-state index contributed by atoms with van der Waals surface area (Å²) in [4.78, 5) is 14.1. The maximum absolute atomic E-state index is 10.2. The van der Waals surface area contributed by atoms with E-state index in [1.54, 1.807) is 13.8 Å². The third-order valence-electron chi connectivity index (χ3n) is 2.29. The predicted molar refractivity (Wildman–Crippen MR) is 84.4 cm³/mol. The molecule has 0 saturated carbocycles. The van der Waals surface area contributed by atoms with Crippen LogP contribution in [-0.4, -0.2) is 26.8 Å². The molecule has 0 unspecified atom stereocenters. The van der Waals surface area contributed by atoms with Gasteiger partial charge in [0, 0.05) is 4.75 Å². The second kappa shape index (κ2) is 7.52. The zero-order valence-electron chi connectivity index (χ0n) is 10.5. The van der Waals surface area contributed by atoms with Crippen LogP contribution in [0.2, 0.25) is 5.35 Å². The van der Waals surface area contributed by atoms with E-state index in [0.717, 1.165) is 11.1 Å². The first-order chi connectivity index (χ1) is 8.71.